The lowest BCUT2D eigenvalue weighted by molar-refractivity contribution is -0.140. The number of carbonyl (C=O) groups is 2. The number of hydrogen-bond donors (Lipinski definition) is 0. The van der Waals surface area contributed by atoms with Crippen LogP contribution >= 0.6 is 0 Å². The van der Waals surface area contributed by atoms with Crippen molar-refractivity contribution in [3.63, 3.8) is 0 Å². The summed E-state index contributed by atoms with van der Waals surface area (Å²) in [5.41, 5.74) is -0.682. The van der Waals surface area contributed by atoms with Gasteiger partial charge in [0.15, 0.2) is 0 Å². The van der Waals surface area contributed by atoms with Crippen molar-refractivity contribution in [2.75, 3.05) is 19.1 Å². The summed E-state index contributed by atoms with van der Waals surface area (Å²) in [6.45, 7) is 5.06. The van der Waals surface area contributed by atoms with Gasteiger partial charge in [-0.25, -0.2) is 9.00 Å². The molecule has 0 aliphatic carbocycles. The van der Waals surface area contributed by atoms with Crippen LogP contribution in [0.4, 0.5) is 4.79 Å². The van der Waals surface area contributed by atoms with E-state index in [1.54, 1.807) is 20.8 Å². The molecule has 6 nitrogen and oxygen atoms in total. The van der Waals surface area contributed by atoms with E-state index in [0.717, 1.165) is 0 Å². The second-order valence-electron chi connectivity index (χ2n) is 4.56. The Bertz CT molecular complexity index is 401. The quantitative estimate of drug-likeness (QED) is 0.723. The normalized spacial score (nSPS) is 14.6. The summed E-state index contributed by atoms with van der Waals surface area (Å²) in [5.74, 6) is -0.516. The molecule has 100 valence electrons. The summed E-state index contributed by atoms with van der Waals surface area (Å²) in [6, 6.07) is 0. The maximum absolute atomic E-state index is 11.8. The van der Waals surface area contributed by atoms with Gasteiger partial charge in [-0.1, -0.05) is 0 Å². The molecule has 1 unspecified atom stereocenters. The predicted octanol–water partition coefficient (Wildman–Crippen LogP) is 1.58. The van der Waals surface area contributed by atoms with Gasteiger partial charge in [-0.2, -0.15) is 0 Å². The van der Waals surface area contributed by atoms with Crippen LogP contribution in [0.1, 0.15) is 27.2 Å². The van der Waals surface area contributed by atoms with Gasteiger partial charge in [-0.15, -0.1) is 4.36 Å². The summed E-state index contributed by atoms with van der Waals surface area (Å²) < 4.78 is 24.6. The van der Waals surface area contributed by atoms with E-state index in [9.17, 15) is 13.8 Å². The average Bonchev–Trinajstić information content (AvgIpc) is 2.10. The third kappa shape index (κ3) is 8.67. The molecule has 0 N–H and O–H groups in total. The smallest absolute Gasteiger partial charge is 0.442 e. The molecule has 7 heteroatoms. The van der Waals surface area contributed by atoms with Crippen LogP contribution in [0.15, 0.2) is 4.36 Å². The van der Waals surface area contributed by atoms with Crippen molar-refractivity contribution in [3.8, 4) is 0 Å². The minimum atomic E-state index is -2.76. The molecule has 0 bridgehead atoms. The standard InChI is InChI=1S/C10H19NO5S/c1-10(2,3)16-9(13)11-17(5,14)7-6-8(12)15-4/h6-7H2,1-5H3. The number of nitrogens with zero attached hydrogens (tertiary/aromatic N) is 1. The Kier molecular flexibility index (Phi) is 5.60. The van der Waals surface area contributed by atoms with Crippen LogP contribution < -0.4 is 0 Å². The summed E-state index contributed by atoms with van der Waals surface area (Å²) in [6.07, 6.45) is 0.382. The van der Waals surface area contributed by atoms with E-state index in [0.29, 0.717) is 0 Å². The molecule has 0 radical (unpaired) electrons. The molecule has 0 heterocycles. The van der Waals surface area contributed by atoms with Gasteiger partial charge in [0.1, 0.15) is 5.60 Å². The second-order valence-corrected chi connectivity index (χ2v) is 7.07. The predicted molar refractivity (Wildman–Crippen MR) is 64.2 cm³/mol. The van der Waals surface area contributed by atoms with Crippen molar-refractivity contribution in [2.45, 2.75) is 32.8 Å². The zero-order chi connectivity index (χ0) is 13.7. The molecular formula is C10H19NO5S. The van der Waals surface area contributed by atoms with Crippen molar-refractivity contribution >= 4 is 21.8 Å². The Morgan fingerprint density at radius 1 is 1.29 bits per heavy atom. The summed E-state index contributed by atoms with van der Waals surface area (Å²) in [4.78, 5) is 22.2. The molecule has 0 saturated carbocycles. The Labute approximate surface area is 102 Å². The minimum absolute atomic E-state index is 0.0289. The van der Waals surface area contributed by atoms with E-state index < -0.39 is 27.4 Å². The number of esters is 1. The number of methoxy groups -OCH3 is 1. The molecule has 1 amide bonds. The van der Waals surface area contributed by atoms with Crippen molar-refractivity contribution < 1.29 is 23.3 Å². The summed E-state index contributed by atoms with van der Waals surface area (Å²) >= 11 is 0. The SMILES string of the molecule is COC(=O)CCS(C)(=O)=NC(=O)OC(C)(C)C. The molecule has 0 saturated heterocycles. The van der Waals surface area contributed by atoms with Gasteiger partial charge in [0.25, 0.3) is 0 Å². The lowest BCUT2D eigenvalue weighted by atomic mass is 10.2. The van der Waals surface area contributed by atoms with Gasteiger partial charge in [0.2, 0.25) is 0 Å². The Balaban J connectivity index is 4.54. The molecular weight excluding hydrogens is 246 g/mol. The van der Waals surface area contributed by atoms with E-state index >= 15 is 0 Å². The highest BCUT2D eigenvalue weighted by Gasteiger charge is 2.17. The molecule has 0 aromatic carbocycles. The first-order valence-electron chi connectivity index (χ1n) is 5.05. The highest BCUT2D eigenvalue weighted by Crippen LogP contribution is 2.09. The fourth-order valence-electron chi connectivity index (χ4n) is 0.859. The number of hydrogen-bond acceptors (Lipinski definition) is 5. The fourth-order valence-corrected chi connectivity index (χ4v) is 1.85. The molecule has 0 spiro atoms. The number of ether oxygens (including phenoxy) is 2. The van der Waals surface area contributed by atoms with E-state index in [-0.39, 0.29) is 12.2 Å². The maximum Gasteiger partial charge on any atom is 0.442 e. The number of amides is 1. The summed E-state index contributed by atoms with van der Waals surface area (Å²) in [5, 5.41) is 0. The largest absolute Gasteiger partial charge is 0.469 e. The monoisotopic (exact) mass is 265 g/mol. The first-order chi connectivity index (χ1) is 7.56. The molecule has 0 aliphatic rings. The van der Waals surface area contributed by atoms with Crippen LogP contribution in [-0.2, 0) is 24.0 Å². The van der Waals surface area contributed by atoms with Crippen molar-refractivity contribution in [1.82, 2.24) is 0 Å². The van der Waals surface area contributed by atoms with Gasteiger partial charge in [-0.3, -0.25) is 4.79 Å². The van der Waals surface area contributed by atoms with Crippen LogP contribution in [0.5, 0.6) is 0 Å². The van der Waals surface area contributed by atoms with E-state index in [1.807, 2.05) is 0 Å². The Hall–Kier alpha value is -1.11. The van der Waals surface area contributed by atoms with Gasteiger partial charge in [0, 0.05) is 12.0 Å². The highest BCUT2D eigenvalue weighted by molar-refractivity contribution is 7.93. The number of rotatable bonds is 3. The first kappa shape index (κ1) is 15.9. The van der Waals surface area contributed by atoms with Gasteiger partial charge >= 0.3 is 12.1 Å². The van der Waals surface area contributed by atoms with Crippen LogP contribution in [0.2, 0.25) is 0 Å². The topological polar surface area (TPSA) is 82.0 Å². The third-order valence-electron chi connectivity index (χ3n) is 1.57. The molecule has 17 heavy (non-hydrogen) atoms. The molecule has 0 aromatic heterocycles. The van der Waals surface area contributed by atoms with E-state index in [2.05, 4.69) is 9.10 Å². The minimum Gasteiger partial charge on any atom is -0.469 e. The van der Waals surface area contributed by atoms with Crippen molar-refractivity contribution in [1.29, 1.82) is 0 Å². The van der Waals surface area contributed by atoms with Crippen LogP contribution in [0.3, 0.4) is 0 Å². The van der Waals surface area contributed by atoms with E-state index in [1.165, 1.54) is 13.4 Å². The van der Waals surface area contributed by atoms with Crippen LogP contribution in [0.25, 0.3) is 0 Å². The Morgan fingerprint density at radius 3 is 2.24 bits per heavy atom. The zero-order valence-electron chi connectivity index (χ0n) is 10.8. The molecule has 0 rings (SSSR count). The lowest BCUT2D eigenvalue weighted by Crippen LogP contribution is -2.23. The van der Waals surface area contributed by atoms with Gasteiger partial charge < -0.3 is 9.47 Å². The lowest BCUT2D eigenvalue weighted by Gasteiger charge is -2.17. The van der Waals surface area contributed by atoms with Crippen molar-refractivity contribution in [2.24, 2.45) is 4.36 Å². The number of carbonyl (C=O) groups excluding carboxylic acids is 2. The van der Waals surface area contributed by atoms with E-state index in [4.69, 9.17) is 4.74 Å². The maximum atomic E-state index is 11.8. The highest BCUT2D eigenvalue weighted by atomic mass is 32.2. The Morgan fingerprint density at radius 2 is 1.82 bits per heavy atom. The molecule has 1 atom stereocenters. The van der Waals surface area contributed by atoms with Gasteiger partial charge in [0.05, 0.1) is 23.3 Å². The molecule has 0 aliphatic heterocycles. The summed E-state index contributed by atoms with van der Waals surface area (Å²) in [7, 11) is -1.52. The molecule has 0 aromatic rings. The zero-order valence-corrected chi connectivity index (χ0v) is 11.6. The third-order valence-corrected chi connectivity index (χ3v) is 3.07. The second kappa shape index (κ2) is 6.00. The van der Waals surface area contributed by atoms with Crippen molar-refractivity contribution in [3.05, 3.63) is 0 Å². The fraction of sp³-hybridized carbons (Fsp3) is 0.800. The van der Waals surface area contributed by atoms with Crippen LogP contribution in [0, 0.1) is 0 Å². The van der Waals surface area contributed by atoms with Crippen LogP contribution in [-0.4, -0.2) is 41.0 Å². The average molecular weight is 265 g/mol. The van der Waals surface area contributed by atoms with Gasteiger partial charge in [-0.05, 0) is 20.8 Å². The first-order valence-corrected chi connectivity index (χ1v) is 7.14. The molecule has 0 fully saturated rings.